The molecule has 4 nitrogen and oxygen atoms in total. The number of amides is 1. The molecule has 0 spiro atoms. The molecule has 1 aromatic rings. The predicted molar refractivity (Wildman–Crippen MR) is 81.7 cm³/mol. The molecule has 1 fully saturated rings. The molecule has 0 bridgehead atoms. The Bertz CT molecular complexity index is 445. The van der Waals surface area contributed by atoms with Crippen LogP contribution in [-0.4, -0.2) is 35.6 Å². The van der Waals surface area contributed by atoms with Gasteiger partial charge in [0.25, 0.3) is 0 Å². The summed E-state index contributed by atoms with van der Waals surface area (Å²) in [6, 6.07) is 1.99. The van der Waals surface area contributed by atoms with Crippen LogP contribution in [0.3, 0.4) is 0 Å². The zero-order valence-corrected chi connectivity index (χ0v) is 13.5. The molecule has 0 aromatic carbocycles. The first kappa shape index (κ1) is 15.5. The first-order chi connectivity index (χ1) is 9.48. The van der Waals surface area contributed by atoms with E-state index in [9.17, 15) is 4.79 Å². The first-order valence-electron chi connectivity index (χ1n) is 7.21. The van der Waals surface area contributed by atoms with Gasteiger partial charge in [-0.3, -0.25) is 10.1 Å². The van der Waals surface area contributed by atoms with Gasteiger partial charge in [0.1, 0.15) is 6.17 Å². The van der Waals surface area contributed by atoms with Gasteiger partial charge in [-0.25, -0.2) is 0 Å². The van der Waals surface area contributed by atoms with E-state index in [4.69, 9.17) is 4.74 Å². The fourth-order valence-corrected chi connectivity index (χ4v) is 3.37. The van der Waals surface area contributed by atoms with Crippen molar-refractivity contribution in [2.24, 2.45) is 0 Å². The normalized spacial score (nSPS) is 23.6. The topological polar surface area (TPSA) is 41.6 Å². The summed E-state index contributed by atoms with van der Waals surface area (Å²) in [6.07, 6.45) is 0.781. The van der Waals surface area contributed by atoms with Crippen molar-refractivity contribution in [2.75, 3.05) is 13.2 Å². The second kappa shape index (κ2) is 6.24. The Morgan fingerprint density at radius 3 is 2.75 bits per heavy atom. The molecule has 1 aliphatic heterocycles. The molecule has 2 atom stereocenters. The number of carbonyl (C=O) groups excluding carboxylic acids is 1. The number of ether oxygens (including phenoxy) is 1. The van der Waals surface area contributed by atoms with Crippen molar-refractivity contribution in [1.82, 2.24) is 10.2 Å². The SMILES string of the molecule is CCOC(C)(C)CN1C(=O)C(CC)NC1c1ccsc1. The van der Waals surface area contributed by atoms with Crippen LogP contribution < -0.4 is 5.32 Å². The smallest absolute Gasteiger partial charge is 0.241 e. The number of rotatable bonds is 6. The number of nitrogens with zero attached hydrogens (tertiary/aromatic N) is 1. The highest BCUT2D eigenvalue weighted by atomic mass is 32.1. The van der Waals surface area contributed by atoms with Gasteiger partial charge in [0.15, 0.2) is 0 Å². The maximum absolute atomic E-state index is 12.5. The van der Waals surface area contributed by atoms with E-state index in [2.05, 4.69) is 16.8 Å². The summed E-state index contributed by atoms with van der Waals surface area (Å²) in [5.74, 6) is 0.177. The van der Waals surface area contributed by atoms with Gasteiger partial charge in [0.2, 0.25) is 5.91 Å². The zero-order chi connectivity index (χ0) is 14.8. The zero-order valence-electron chi connectivity index (χ0n) is 12.7. The van der Waals surface area contributed by atoms with Crippen LogP contribution in [0.1, 0.15) is 45.8 Å². The van der Waals surface area contributed by atoms with Crippen LogP contribution in [0.5, 0.6) is 0 Å². The van der Waals surface area contributed by atoms with Gasteiger partial charge in [0.05, 0.1) is 18.2 Å². The van der Waals surface area contributed by atoms with Crippen LogP contribution in [0, 0.1) is 0 Å². The molecular weight excluding hydrogens is 272 g/mol. The van der Waals surface area contributed by atoms with Gasteiger partial charge in [-0.15, -0.1) is 0 Å². The van der Waals surface area contributed by atoms with Crippen LogP contribution in [0.25, 0.3) is 0 Å². The lowest BCUT2D eigenvalue weighted by Crippen LogP contribution is -2.43. The van der Waals surface area contributed by atoms with Crippen LogP contribution in [0.15, 0.2) is 16.8 Å². The molecule has 0 aliphatic carbocycles. The summed E-state index contributed by atoms with van der Waals surface area (Å²) in [6.45, 7) is 9.35. The van der Waals surface area contributed by atoms with E-state index >= 15 is 0 Å². The van der Waals surface area contributed by atoms with E-state index in [-0.39, 0.29) is 23.7 Å². The monoisotopic (exact) mass is 296 g/mol. The van der Waals surface area contributed by atoms with Gasteiger partial charge in [-0.1, -0.05) is 6.92 Å². The number of carbonyl (C=O) groups is 1. The molecule has 1 N–H and O–H groups in total. The van der Waals surface area contributed by atoms with E-state index in [0.717, 1.165) is 12.0 Å². The Morgan fingerprint density at radius 1 is 1.45 bits per heavy atom. The Hall–Kier alpha value is -0.910. The molecule has 2 heterocycles. The highest BCUT2D eigenvalue weighted by Gasteiger charge is 2.41. The van der Waals surface area contributed by atoms with Crippen LogP contribution in [0.4, 0.5) is 0 Å². The van der Waals surface area contributed by atoms with Gasteiger partial charge in [0, 0.05) is 6.61 Å². The fraction of sp³-hybridized carbons (Fsp3) is 0.667. The molecule has 1 amide bonds. The van der Waals surface area contributed by atoms with E-state index in [1.807, 2.05) is 38.0 Å². The molecule has 2 rings (SSSR count). The van der Waals surface area contributed by atoms with Crippen molar-refractivity contribution >= 4 is 17.2 Å². The maximum Gasteiger partial charge on any atom is 0.241 e. The molecule has 2 unspecified atom stereocenters. The minimum absolute atomic E-state index is 0.0292. The maximum atomic E-state index is 12.5. The second-order valence-corrected chi connectivity index (χ2v) is 6.53. The molecule has 1 saturated heterocycles. The Kier molecular flexibility index (Phi) is 4.83. The minimum Gasteiger partial charge on any atom is -0.374 e. The largest absolute Gasteiger partial charge is 0.374 e. The summed E-state index contributed by atoms with van der Waals surface area (Å²) in [4.78, 5) is 14.5. The van der Waals surface area contributed by atoms with Gasteiger partial charge in [-0.05, 0) is 49.6 Å². The van der Waals surface area contributed by atoms with Crippen molar-refractivity contribution in [3.05, 3.63) is 22.4 Å². The van der Waals surface area contributed by atoms with Crippen LogP contribution in [0.2, 0.25) is 0 Å². The third kappa shape index (κ3) is 3.22. The molecule has 1 aliphatic rings. The number of thiophene rings is 1. The van der Waals surface area contributed by atoms with Crippen LogP contribution in [-0.2, 0) is 9.53 Å². The standard InChI is InChI=1S/C15H24N2O2S/c1-5-12-14(18)17(10-15(3,4)19-6-2)13(16-12)11-7-8-20-9-11/h7-9,12-13,16H,5-6,10H2,1-4H3. The van der Waals surface area contributed by atoms with Gasteiger partial charge < -0.3 is 9.64 Å². The number of nitrogens with one attached hydrogen (secondary N) is 1. The Labute approximate surface area is 125 Å². The fourth-order valence-electron chi connectivity index (χ4n) is 2.69. The summed E-state index contributed by atoms with van der Waals surface area (Å²) in [5, 5.41) is 7.58. The highest BCUT2D eigenvalue weighted by Crippen LogP contribution is 2.30. The molecule has 0 radical (unpaired) electrons. The lowest BCUT2D eigenvalue weighted by atomic mass is 10.1. The third-order valence-corrected chi connectivity index (χ3v) is 4.31. The van der Waals surface area contributed by atoms with Gasteiger partial charge >= 0.3 is 0 Å². The second-order valence-electron chi connectivity index (χ2n) is 5.75. The van der Waals surface area contributed by atoms with E-state index in [0.29, 0.717) is 13.2 Å². The molecule has 1 aromatic heterocycles. The summed E-state index contributed by atoms with van der Waals surface area (Å²) in [7, 11) is 0. The number of hydrogen-bond acceptors (Lipinski definition) is 4. The molecule has 0 saturated carbocycles. The lowest BCUT2D eigenvalue weighted by Gasteiger charge is -2.33. The predicted octanol–water partition coefficient (Wildman–Crippen LogP) is 2.77. The Morgan fingerprint density at radius 2 is 2.20 bits per heavy atom. The molecule has 20 heavy (non-hydrogen) atoms. The van der Waals surface area contributed by atoms with Crippen molar-refractivity contribution in [3.8, 4) is 0 Å². The number of hydrogen-bond donors (Lipinski definition) is 1. The summed E-state index contributed by atoms with van der Waals surface area (Å²) < 4.78 is 5.76. The average Bonchev–Trinajstić information content (AvgIpc) is 2.99. The van der Waals surface area contributed by atoms with E-state index in [1.165, 1.54) is 0 Å². The Balaban J connectivity index is 2.19. The quantitative estimate of drug-likeness (QED) is 0.877. The van der Waals surface area contributed by atoms with Crippen LogP contribution >= 0.6 is 11.3 Å². The molecule has 5 heteroatoms. The third-order valence-electron chi connectivity index (χ3n) is 3.61. The molecular formula is C15H24N2O2S. The van der Waals surface area contributed by atoms with Crippen molar-refractivity contribution in [1.29, 1.82) is 0 Å². The van der Waals surface area contributed by atoms with Crippen molar-refractivity contribution < 1.29 is 9.53 Å². The van der Waals surface area contributed by atoms with Crippen molar-refractivity contribution in [3.63, 3.8) is 0 Å². The highest BCUT2D eigenvalue weighted by molar-refractivity contribution is 7.07. The minimum atomic E-state index is -0.330. The first-order valence-corrected chi connectivity index (χ1v) is 8.15. The summed E-state index contributed by atoms with van der Waals surface area (Å²) in [5.41, 5.74) is 0.829. The summed E-state index contributed by atoms with van der Waals surface area (Å²) >= 11 is 1.66. The lowest BCUT2D eigenvalue weighted by molar-refractivity contribution is -0.134. The van der Waals surface area contributed by atoms with E-state index in [1.54, 1.807) is 11.3 Å². The molecule has 112 valence electrons. The van der Waals surface area contributed by atoms with E-state index < -0.39 is 0 Å². The average molecular weight is 296 g/mol. The van der Waals surface area contributed by atoms with Gasteiger partial charge in [-0.2, -0.15) is 11.3 Å². The van der Waals surface area contributed by atoms with Crippen molar-refractivity contribution in [2.45, 2.75) is 51.9 Å².